The normalized spacial score (nSPS) is 14.4. The van der Waals surface area contributed by atoms with E-state index >= 15 is 0 Å². The summed E-state index contributed by atoms with van der Waals surface area (Å²) in [4.78, 5) is 60.0. The predicted octanol–water partition coefficient (Wildman–Crippen LogP) is 14.9. The molecule has 0 fully saturated rings. The highest BCUT2D eigenvalue weighted by atomic mass is 35.5. The topological polar surface area (TPSA) is 93.2 Å². The number of hydrogen-bond acceptors (Lipinski definition) is 6. The highest BCUT2D eigenvalue weighted by Gasteiger charge is 2.38. The smallest absolute Gasteiger partial charge is 0.261 e. The molecule has 7 aromatic carbocycles. The van der Waals surface area contributed by atoms with Crippen LogP contribution in [0.4, 0.5) is 0 Å². The number of rotatable bonds is 18. The van der Waals surface area contributed by atoms with E-state index in [1.165, 1.54) is 20.9 Å². The quantitative estimate of drug-likeness (QED) is 0.0368. The first kappa shape index (κ1) is 46.9. The first-order valence-corrected chi connectivity index (χ1v) is 24.5. The summed E-state index contributed by atoms with van der Waals surface area (Å²) in [5, 5.41) is 5.44. The van der Waals surface area contributed by atoms with Crippen LogP contribution in [-0.4, -0.2) is 46.6 Å². The van der Waals surface area contributed by atoms with Gasteiger partial charge < -0.3 is 9.47 Å². The minimum atomic E-state index is -0.452. The van der Waals surface area contributed by atoms with Crippen LogP contribution in [0.25, 0.3) is 43.1 Å². The average molecular weight is 948 g/mol. The second-order valence-electron chi connectivity index (χ2n) is 19.3. The van der Waals surface area contributed by atoms with Crippen LogP contribution in [0.2, 0.25) is 10.0 Å². The Hall–Kier alpha value is -6.22. The summed E-state index contributed by atoms with van der Waals surface area (Å²) in [6, 6.07) is 25.4. The van der Waals surface area contributed by atoms with Crippen molar-refractivity contribution in [3.63, 3.8) is 0 Å². The van der Waals surface area contributed by atoms with Crippen molar-refractivity contribution >= 4 is 89.9 Å². The molecule has 0 aliphatic carbocycles. The van der Waals surface area contributed by atoms with E-state index in [4.69, 9.17) is 32.7 Å². The maximum Gasteiger partial charge on any atom is 0.261 e. The van der Waals surface area contributed by atoms with E-state index in [2.05, 4.69) is 53.7 Å². The lowest BCUT2D eigenvalue weighted by Gasteiger charge is -2.31. The first-order valence-electron chi connectivity index (χ1n) is 23.7. The van der Waals surface area contributed by atoms with Crippen molar-refractivity contribution in [2.24, 2.45) is 11.8 Å². The largest absolute Gasteiger partial charge is 0.494 e. The van der Waals surface area contributed by atoms with Gasteiger partial charge in [0.05, 0.1) is 37.4 Å². The second-order valence-corrected chi connectivity index (χ2v) is 20.1. The van der Waals surface area contributed by atoms with E-state index in [0.717, 1.165) is 61.2 Å². The molecule has 2 aliphatic heterocycles. The number of nitrogens with zero attached hydrogens (tertiary/aromatic N) is 2. The highest BCUT2D eigenvalue weighted by Crippen LogP contribution is 2.50. The summed E-state index contributed by atoms with van der Waals surface area (Å²) < 4.78 is 12.1. The van der Waals surface area contributed by atoms with Crippen LogP contribution >= 0.6 is 23.2 Å². The molecule has 8 nitrogen and oxygen atoms in total. The SMILES string of the molecule is CC(C)=CCC[C@H](C)CCOc1ccc(CN2C(=O)c3ccc4c5c(Cl)cc6c7c(ccc(c8c(Cl)cc(c3c48)C2=O)c75)C(=O)N(Cc2ccc(OCC[C@@H](C)CCC=C(C)C)cc2)C6=O)cc1. The highest BCUT2D eigenvalue weighted by molar-refractivity contribution is 6.50. The molecule has 7 aromatic rings. The number of fused-ring (bicyclic) bond motifs is 2. The molecule has 0 saturated heterocycles. The standard InChI is InChI=1S/C58H56Cl2N2O6/c1-33(2)9-7-11-35(5)25-27-67-39-17-13-37(14-18-39)31-61-55(63)43-23-21-41-52-48(60)30-46-50-44(24-22-42(54(50)52)51-47(59)29-45(57(61)65)49(43)53(41)51)56(64)62(58(46)66)32-38-15-19-40(20-16-38)68-28-26-36(6)12-8-10-34(3)4/h9-10,13-24,29-30,35-36H,7-8,11-12,25-28,31-32H2,1-6H3/t35-,36-/m0/s1. The minimum Gasteiger partial charge on any atom is -0.494 e. The van der Waals surface area contributed by atoms with Crippen LogP contribution in [0.3, 0.4) is 0 Å². The Kier molecular flexibility index (Phi) is 13.4. The van der Waals surface area contributed by atoms with Gasteiger partial charge in [0.2, 0.25) is 0 Å². The van der Waals surface area contributed by atoms with Crippen LogP contribution < -0.4 is 9.47 Å². The van der Waals surface area contributed by atoms with Crippen molar-refractivity contribution in [2.75, 3.05) is 13.2 Å². The number of allylic oxidation sites excluding steroid dienone is 4. The molecule has 68 heavy (non-hydrogen) atoms. The number of amides is 4. The van der Waals surface area contributed by atoms with E-state index in [1.54, 1.807) is 24.3 Å². The molecular formula is C58H56Cl2N2O6. The molecule has 0 saturated carbocycles. The predicted molar refractivity (Wildman–Crippen MR) is 275 cm³/mol. The van der Waals surface area contributed by atoms with Crippen molar-refractivity contribution in [2.45, 2.75) is 93.2 Å². The van der Waals surface area contributed by atoms with Crippen LogP contribution in [0.1, 0.15) is 133 Å². The fourth-order valence-electron chi connectivity index (χ4n) is 9.86. The Morgan fingerprint density at radius 1 is 0.485 bits per heavy atom. The maximum atomic E-state index is 14.4. The van der Waals surface area contributed by atoms with E-state index in [1.807, 2.05) is 60.7 Å². The third kappa shape index (κ3) is 8.97. The van der Waals surface area contributed by atoms with Gasteiger partial charge in [0, 0.05) is 53.5 Å². The van der Waals surface area contributed by atoms with Crippen molar-refractivity contribution in [1.29, 1.82) is 0 Å². The van der Waals surface area contributed by atoms with Crippen molar-refractivity contribution in [1.82, 2.24) is 9.80 Å². The Labute approximate surface area is 407 Å². The number of hydrogen-bond donors (Lipinski definition) is 0. The summed E-state index contributed by atoms with van der Waals surface area (Å²) in [7, 11) is 0. The van der Waals surface area contributed by atoms with E-state index in [9.17, 15) is 19.2 Å². The van der Waals surface area contributed by atoms with Crippen LogP contribution in [0.5, 0.6) is 11.5 Å². The third-order valence-corrected chi connectivity index (χ3v) is 14.2. The van der Waals surface area contributed by atoms with Gasteiger partial charge in [-0.3, -0.25) is 29.0 Å². The van der Waals surface area contributed by atoms with Crippen LogP contribution in [0, 0.1) is 11.8 Å². The summed E-state index contributed by atoms with van der Waals surface area (Å²) in [5.41, 5.74) is 5.61. The molecular weight excluding hydrogens is 892 g/mol. The lowest BCUT2D eigenvalue weighted by Crippen LogP contribution is -2.40. The van der Waals surface area contributed by atoms with Gasteiger partial charge in [0.1, 0.15) is 11.5 Å². The van der Waals surface area contributed by atoms with Gasteiger partial charge in [0.25, 0.3) is 23.6 Å². The minimum absolute atomic E-state index is 0.0661. The molecule has 10 heteroatoms. The van der Waals surface area contributed by atoms with Crippen molar-refractivity contribution in [3.8, 4) is 11.5 Å². The zero-order valence-corrected chi connectivity index (χ0v) is 41.1. The van der Waals surface area contributed by atoms with Gasteiger partial charge in [-0.1, -0.05) is 96.7 Å². The fourth-order valence-corrected chi connectivity index (χ4v) is 10.5. The molecule has 0 radical (unpaired) electrons. The molecule has 2 atom stereocenters. The maximum absolute atomic E-state index is 14.4. The van der Waals surface area contributed by atoms with Gasteiger partial charge in [-0.05, 0) is 148 Å². The van der Waals surface area contributed by atoms with Crippen LogP contribution in [0.15, 0.2) is 108 Å². The number of carbonyl (C=O) groups is 4. The van der Waals surface area contributed by atoms with Crippen molar-refractivity contribution < 1.29 is 28.7 Å². The Bertz CT molecular complexity index is 2980. The lowest BCUT2D eigenvalue weighted by atomic mass is 9.82. The molecule has 2 aliphatic rings. The fraction of sp³-hybridized carbons (Fsp3) is 0.310. The number of carbonyl (C=O) groups excluding carboxylic acids is 4. The van der Waals surface area contributed by atoms with Gasteiger partial charge >= 0.3 is 0 Å². The van der Waals surface area contributed by atoms with Gasteiger partial charge in [-0.2, -0.15) is 0 Å². The van der Waals surface area contributed by atoms with E-state index in [-0.39, 0.29) is 13.1 Å². The zero-order chi connectivity index (χ0) is 48.0. The molecule has 9 rings (SSSR count). The zero-order valence-electron chi connectivity index (χ0n) is 39.6. The number of ether oxygens (including phenoxy) is 2. The van der Waals surface area contributed by atoms with Crippen LogP contribution in [-0.2, 0) is 13.1 Å². The Balaban J connectivity index is 0.959. The summed E-state index contributed by atoms with van der Waals surface area (Å²) in [6.07, 6.45) is 10.8. The third-order valence-electron chi connectivity index (χ3n) is 13.6. The molecule has 4 amide bonds. The first-order chi connectivity index (χ1) is 32.7. The summed E-state index contributed by atoms with van der Waals surface area (Å²) in [5.74, 6) is 0.818. The molecule has 0 bridgehead atoms. The Morgan fingerprint density at radius 3 is 1.22 bits per heavy atom. The number of halogens is 2. The molecule has 0 N–H and O–H groups in total. The van der Waals surface area contributed by atoms with E-state index in [0.29, 0.717) is 100 Å². The second kappa shape index (κ2) is 19.4. The average Bonchev–Trinajstić information content (AvgIpc) is 3.31. The summed E-state index contributed by atoms with van der Waals surface area (Å²) in [6.45, 7) is 14.3. The monoisotopic (exact) mass is 946 g/mol. The molecule has 0 unspecified atom stereocenters. The lowest BCUT2D eigenvalue weighted by molar-refractivity contribution is 0.0583. The Morgan fingerprint density at radius 2 is 0.853 bits per heavy atom. The van der Waals surface area contributed by atoms with Gasteiger partial charge in [-0.15, -0.1) is 0 Å². The molecule has 0 aromatic heterocycles. The summed E-state index contributed by atoms with van der Waals surface area (Å²) >= 11 is 14.4. The number of imide groups is 2. The number of benzene rings is 7. The molecule has 0 spiro atoms. The van der Waals surface area contributed by atoms with E-state index < -0.39 is 23.6 Å². The molecule has 348 valence electrons. The molecule has 2 heterocycles. The van der Waals surface area contributed by atoms with Gasteiger partial charge in [0.15, 0.2) is 0 Å². The van der Waals surface area contributed by atoms with Gasteiger partial charge in [-0.25, -0.2) is 0 Å². The van der Waals surface area contributed by atoms with Crippen molar-refractivity contribution in [3.05, 3.63) is 152 Å².